The molecule has 2 fully saturated rings. The first-order chi connectivity index (χ1) is 4.88. The predicted octanol–water partition coefficient (Wildman–Crippen LogP) is -1.61. The third-order valence-corrected chi connectivity index (χ3v) is 2.11. The first kappa shape index (κ1) is 6.27. The van der Waals surface area contributed by atoms with E-state index in [1.54, 1.807) is 0 Å². The molecule has 10 heavy (non-hydrogen) atoms. The van der Waals surface area contributed by atoms with Crippen LogP contribution >= 0.6 is 0 Å². The van der Waals surface area contributed by atoms with Crippen molar-refractivity contribution in [3.8, 4) is 0 Å². The first-order valence-electron chi connectivity index (χ1n) is 3.62. The molecule has 2 saturated heterocycles. The van der Waals surface area contributed by atoms with E-state index < -0.39 is 0 Å². The summed E-state index contributed by atoms with van der Waals surface area (Å²) in [6.07, 6.45) is 0.663. The van der Waals surface area contributed by atoms with Crippen molar-refractivity contribution in [1.82, 2.24) is 16.2 Å². The zero-order chi connectivity index (χ0) is 6.97. The molecule has 0 aliphatic carbocycles. The maximum atomic E-state index is 11.1. The molecule has 2 rings (SSSR count). The van der Waals surface area contributed by atoms with Crippen LogP contribution in [0.1, 0.15) is 6.42 Å². The summed E-state index contributed by atoms with van der Waals surface area (Å²) in [6, 6.07) is 0.343. The summed E-state index contributed by atoms with van der Waals surface area (Å²) in [6.45, 7) is 1.69. The smallest absolute Gasteiger partial charge is 0.154 e. The summed E-state index contributed by atoms with van der Waals surface area (Å²) < 4.78 is 0. The Morgan fingerprint density at radius 3 is 3.20 bits per heavy atom. The van der Waals surface area contributed by atoms with Crippen LogP contribution in [0.15, 0.2) is 0 Å². The Kier molecular flexibility index (Phi) is 1.44. The fourth-order valence-corrected chi connectivity index (χ4v) is 1.53. The fraction of sp³-hybridized carbons (Fsp3) is 0.833. The molecule has 0 bridgehead atoms. The van der Waals surface area contributed by atoms with Gasteiger partial charge in [0.1, 0.15) is 0 Å². The van der Waals surface area contributed by atoms with Gasteiger partial charge in [0.05, 0.1) is 6.04 Å². The molecule has 2 aliphatic heterocycles. The Labute approximate surface area is 59.3 Å². The van der Waals surface area contributed by atoms with E-state index in [0.29, 0.717) is 18.2 Å². The van der Waals surface area contributed by atoms with E-state index in [1.165, 1.54) is 0 Å². The van der Waals surface area contributed by atoms with Gasteiger partial charge in [-0.3, -0.25) is 10.2 Å². The highest BCUT2D eigenvalue weighted by molar-refractivity contribution is 5.86. The van der Waals surface area contributed by atoms with Crippen LogP contribution in [-0.2, 0) is 4.79 Å². The molecule has 3 N–H and O–H groups in total. The first-order valence-corrected chi connectivity index (χ1v) is 3.62. The van der Waals surface area contributed by atoms with Gasteiger partial charge in [0, 0.05) is 25.6 Å². The topological polar surface area (TPSA) is 53.2 Å². The zero-order valence-electron chi connectivity index (χ0n) is 5.68. The molecule has 2 atom stereocenters. The van der Waals surface area contributed by atoms with Gasteiger partial charge in [-0.25, -0.2) is 5.43 Å². The van der Waals surface area contributed by atoms with E-state index in [0.717, 1.165) is 13.1 Å². The maximum absolute atomic E-state index is 11.1. The van der Waals surface area contributed by atoms with Gasteiger partial charge < -0.3 is 5.32 Å². The van der Waals surface area contributed by atoms with Gasteiger partial charge in [-0.1, -0.05) is 0 Å². The highest BCUT2D eigenvalue weighted by Crippen LogP contribution is 2.06. The summed E-state index contributed by atoms with van der Waals surface area (Å²) in [5.74, 6) is 0.328. The number of hydrogen-bond donors (Lipinski definition) is 3. The summed E-state index contributed by atoms with van der Waals surface area (Å²) in [5, 5.41) is 3.27. The molecule has 56 valence electrons. The summed E-state index contributed by atoms with van der Waals surface area (Å²) >= 11 is 0. The van der Waals surface area contributed by atoms with Crippen molar-refractivity contribution in [2.45, 2.75) is 18.5 Å². The molecule has 0 radical (unpaired) electrons. The van der Waals surface area contributed by atoms with E-state index in [-0.39, 0.29) is 6.04 Å². The Bertz CT molecular complexity index is 159. The van der Waals surface area contributed by atoms with Crippen molar-refractivity contribution in [1.29, 1.82) is 0 Å². The second-order valence-electron chi connectivity index (χ2n) is 2.78. The van der Waals surface area contributed by atoms with E-state index in [1.807, 2.05) is 0 Å². The molecule has 4 heteroatoms. The Morgan fingerprint density at radius 1 is 1.50 bits per heavy atom. The minimum absolute atomic E-state index is 0.0220. The third kappa shape index (κ3) is 0.847. The van der Waals surface area contributed by atoms with E-state index >= 15 is 0 Å². The fourth-order valence-electron chi connectivity index (χ4n) is 1.53. The molecule has 2 unspecified atom stereocenters. The molecule has 0 amide bonds. The van der Waals surface area contributed by atoms with Crippen LogP contribution < -0.4 is 16.2 Å². The second kappa shape index (κ2) is 2.30. The van der Waals surface area contributed by atoms with Crippen molar-refractivity contribution >= 4 is 5.78 Å². The Morgan fingerprint density at radius 2 is 2.40 bits per heavy atom. The maximum Gasteiger partial charge on any atom is 0.154 e. The minimum Gasteiger partial charge on any atom is -0.310 e. The molecule has 4 nitrogen and oxygen atoms in total. The average molecular weight is 141 g/mol. The van der Waals surface area contributed by atoms with Crippen molar-refractivity contribution in [2.24, 2.45) is 0 Å². The van der Waals surface area contributed by atoms with E-state index in [2.05, 4.69) is 16.2 Å². The number of Topliss-reactive ketones (excluding diaryl/α,β-unsaturated/α-hetero) is 1. The van der Waals surface area contributed by atoms with Crippen LogP contribution in [0.2, 0.25) is 0 Å². The highest BCUT2D eigenvalue weighted by atomic mass is 16.1. The van der Waals surface area contributed by atoms with E-state index in [9.17, 15) is 4.79 Å². The number of fused-ring (bicyclic) bond motifs is 1. The van der Waals surface area contributed by atoms with Gasteiger partial charge in [-0.15, -0.1) is 0 Å². The van der Waals surface area contributed by atoms with Gasteiger partial charge in [-0.05, 0) is 0 Å². The third-order valence-electron chi connectivity index (χ3n) is 2.11. The van der Waals surface area contributed by atoms with Crippen LogP contribution in [0.4, 0.5) is 0 Å². The number of carbonyl (C=O) groups is 1. The van der Waals surface area contributed by atoms with Crippen LogP contribution in [-0.4, -0.2) is 31.0 Å². The van der Waals surface area contributed by atoms with Crippen LogP contribution in [0.5, 0.6) is 0 Å². The number of piperidine rings is 1. The minimum atomic E-state index is 0.0220. The number of carbonyl (C=O) groups excluding carboxylic acids is 1. The van der Waals surface area contributed by atoms with Crippen LogP contribution in [0.3, 0.4) is 0 Å². The molecule has 0 aromatic rings. The van der Waals surface area contributed by atoms with Gasteiger partial charge in [0.25, 0.3) is 0 Å². The van der Waals surface area contributed by atoms with Crippen LogP contribution in [0.25, 0.3) is 0 Å². The molecule has 0 spiro atoms. The number of hydrazine groups is 1. The van der Waals surface area contributed by atoms with Crippen molar-refractivity contribution in [3.63, 3.8) is 0 Å². The second-order valence-corrected chi connectivity index (χ2v) is 2.78. The average Bonchev–Trinajstić information content (AvgIpc) is 2.36. The lowest BCUT2D eigenvalue weighted by Crippen LogP contribution is -2.52. The quantitative estimate of drug-likeness (QED) is 0.380. The van der Waals surface area contributed by atoms with Crippen molar-refractivity contribution < 1.29 is 4.79 Å². The molecule has 2 heterocycles. The SMILES string of the molecule is O=C1CCNC2CNNC12. The number of ketones is 1. The van der Waals surface area contributed by atoms with Gasteiger partial charge in [0.2, 0.25) is 0 Å². The predicted molar refractivity (Wildman–Crippen MR) is 36.3 cm³/mol. The number of nitrogens with one attached hydrogen (secondary N) is 3. The number of hydrogen-bond acceptors (Lipinski definition) is 4. The Balaban J connectivity index is 2.10. The van der Waals surface area contributed by atoms with Crippen molar-refractivity contribution in [3.05, 3.63) is 0 Å². The molecule has 0 aromatic carbocycles. The lowest BCUT2D eigenvalue weighted by atomic mass is 9.99. The lowest BCUT2D eigenvalue weighted by molar-refractivity contribution is -0.122. The molecular weight excluding hydrogens is 130 g/mol. The highest BCUT2D eigenvalue weighted by Gasteiger charge is 2.34. The van der Waals surface area contributed by atoms with Gasteiger partial charge in [0.15, 0.2) is 5.78 Å². The largest absolute Gasteiger partial charge is 0.310 e. The van der Waals surface area contributed by atoms with Crippen LogP contribution in [0, 0.1) is 0 Å². The van der Waals surface area contributed by atoms with Crippen molar-refractivity contribution in [2.75, 3.05) is 13.1 Å². The standard InChI is InChI=1S/C6H11N3O/c10-5-1-2-7-4-3-8-9-6(4)5/h4,6-9H,1-3H2. The summed E-state index contributed by atoms with van der Waals surface area (Å²) in [5.41, 5.74) is 5.91. The van der Waals surface area contributed by atoms with Gasteiger partial charge in [-0.2, -0.15) is 0 Å². The number of rotatable bonds is 0. The molecule has 2 aliphatic rings. The lowest BCUT2D eigenvalue weighted by Gasteiger charge is -2.23. The monoisotopic (exact) mass is 141 g/mol. The summed E-state index contributed by atoms with van der Waals surface area (Å²) in [4.78, 5) is 11.1. The Hall–Kier alpha value is -0.450. The summed E-state index contributed by atoms with van der Waals surface area (Å²) in [7, 11) is 0. The van der Waals surface area contributed by atoms with Gasteiger partial charge >= 0.3 is 0 Å². The zero-order valence-corrected chi connectivity index (χ0v) is 5.68. The van der Waals surface area contributed by atoms with E-state index in [4.69, 9.17) is 0 Å². The normalized spacial score (nSPS) is 39.8. The molecular formula is C6H11N3O. The molecule has 0 saturated carbocycles. The molecule has 0 aromatic heterocycles.